The fourth-order valence-electron chi connectivity index (χ4n) is 5.87. The lowest BCUT2D eigenvalue weighted by Gasteiger charge is -2.22. The molecule has 3 heterocycles. The van der Waals surface area contributed by atoms with E-state index in [1.54, 1.807) is 17.8 Å². The normalized spacial score (nSPS) is 19.7. The number of hydrogen-bond donors (Lipinski definition) is 5. The van der Waals surface area contributed by atoms with Crippen LogP contribution in [-0.2, 0) is 17.8 Å². The molecule has 0 unspecified atom stereocenters. The van der Waals surface area contributed by atoms with Crippen molar-refractivity contribution in [1.82, 2.24) is 34.4 Å². The quantitative estimate of drug-likeness (QED) is 0.143. The third-order valence-electron chi connectivity index (χ3n) is 8.36. The SMILES string of the molecule is CCC(=O)N[C@H]1C[C@@H](n2cnc3c(NC(c4ccccc4)c4ccccc4)nc(NCCc4cn(CC)cn4)nc32)[C@H](O)[C@@H]1O. The number of nitrogens with one attached hydrogen (secondary N) is 3. The lowest BCUT2D eigenvalue weighted by atomic mass is 9.99. The molecule has 0 radical (unpaired) electrons. The van der Waals surface area contributed by atoms with Gasteiger partial charge in [0.1, 0.15) is 12.2 Å². The van der Waals surface area contributed by atoms with Crippen molar-refractivity contribution in [2.45, 2.75) is 70.0 Å². The molecule has 45 heavy (non-hydrogen) atoms. The molecule has 0 aliphatic heterocycles. The molecule has 3 aromatic heterocycles. The predicted octanol–water partition coefficient (Wildman–Crippen LogP) is 3.46. The molecule has 1 amide bonds. The molecule has 12 nitrogen and oxygen atoms in total. The van der Waals surface area contributed by atoms with E-state index in [9.17, 15) is 15.0 Å². The third-order valence-corrected chi connectivity index (χ3v) is 8.36. The van der Waals surface area contributed by atoms with E-state index in [0.29, 0.717) is 42.3 Å². The highest BCUT2D eigenvalue weighted by molar-refractivity contribution is 5.85. The van der Waals surface area contributed by atoms with Crippen LogP contribution in [0.4, 0.5) is 11.8 Å². The Morgan fingerprint density at radius 2 is 1.67 bits per heavy atom. The van der Waals surface area contributed by atoms with E-state index in [1.165, 1.54) is 0 Å². The average Bonchev–Trinajstić information content (AvgIpc) is 3.79. The van der Waals surface area contributed by atoms with Gasteiger partial charge < -0.3 is 35.3 Å². The highest BCUT2D eigenvalue weighted by Gasteiger charge is 2.43. The molecule has 4 atom stereocenters. The minimum Gasteiger partial charge on any atom is -0.388 e. The standard InChI is InChI=1S/C33H39N9O3/c1-3-26(43)37-24-17-25(30(45)29(24)44)42-20-36-28-31(38-27(21-11-7-5-8-12-21)22-13-9-6-10-14-22)39-33(40-32(28)42)34-16-15-23-18-41(4-2)19-35-23/h5-14,18-20,24-25,27,29-30,44-45H,3-4,15-17H2,1-2H3,(H,37,43)(H2,34,38,39,40)/t24-,25+,29+,30-/m0/s1. The van der Waals surface area contributed by atoms with Crippen LogP contribution in [0.3, 0.4) is 0 Å². The minimum atomic E-state index is -1.12. The zero-order valence-electron chi connectivity index (χ0n) is 25.4. The number of benzene rings is 2. The van der Waals surface area contributed by atoms with Crippen LogP contribution < -0.4 is 16.0 Å². The second kappa shape index (κ2) is 13.4. The number of amides is 1. The van der Waals surface area contributed by atoms with E-state index >= 15 is 0 Å². The molecule has 1 fully saturated rings. The van der Waals surface area contributed by atoms with Crippen LogP contribution in [0.2, 0.25) is 0 Å². The lowest BCUT2D eigenvalue weighted by molar-refractivity contribution is -0.122. The first kappa shape index (κ1) is 30.2. The average molecular weight is 610 g/mol. The predicted molar refractivity (Wildman–Crippen MR) is 172 cm³/mol. The maximum Gasteiger partial charge on any atom is 0.226 e. The van der Waals surface area contributed by atoms with Gasteiger partial charge in [0, 0.05) is 32.1 Å². The Kier molecular flexibility index (Phi) is 9.03. The molecule has 1 aliphatic carbocycles. The Hall–Kier alpha value is -4.81. The second-order valence-corrected chi connectivity index (χ2v) is 11.3. The van der Waals surface area contributed by atoms with Gasteiger partial charge in [0.15, 0.2) is 17.0 Å². The van der Waals surface area contributed by atoms with Gasteiger partial charge in [0.25, 0.3) is 0 Å². The van der Waals surface area contributed by atoms with E-state index in [4.69, 9.17) is 15.0 Å². The molecule has 5 N–H and O–H groups in total. The van der Waals surface area contributed by atoms with Gasteiger partial charge in [-0.15, -0.1) is 0 Å². The van der Waals surface area contributed by atoms with Crippen molar-refractivity contribution < 1.29 is 15.0 Å². The van der Waals surface area contributed by atoms with Crippen molar-refractivity contribution in [2.24, 2.45) is 0 Å². The van der Waals surface area contributed by atoms with Crippen molar-refractivity contribution in [3.63, 3.8) is 0 Å². The van der Waals surface area contributed by atoms with E-state index in [1.807, 2.05) is 53.5 Å². The molecular formula is C33H39N9O3. The Morgan fingerprint density at radius 3 is 2.31 bits per heavy atom. The zero-order valence-corrected chi connectivity index (χ0v) is 25.4. The number of hydrogen-bond acceptors (Lipinski definition) is 9. The molecule has 1 saturated carbocycles. The van der Waals surface area contributed by atoms with Crippen LogP contribution in [0.5, 0.6) is 0 Å². The molecule has 1 aliphatic rings. The summed E-state index contributed by atoms with van der Waals surface area (Å²) in [5, 5.41) is 31.7. The molecule has 12 heteroatoms. The van der Waals surface area contributed by atoms with Crippen molar-refractivity contribution in [1.29, 1.82) is 0 Å². The Bertz CT molecular complexity index is 1680. The third kappa shape index (κ3) is 6.52. The van der Waals surface area contributed by atoms with Crippen LogP contribution in [-0.4, -0.2) is 70.0 Å². The summed E-state index contributed by atoms with van der Waals surface area (Å²) in [5.41, 5.74) is 4.11. The first-order valence-electron chi connectivity index (χ1n) is 15.5. The Balaban J connectivity index is 1.36. The van der Waals surface area contributed by atoms with Crippen LogP contribution in [0.15, 0.2) is 79.5 Å². The summed E-state index contributed by atoms with van der Waals surface area (Å²) in [6.45, 7) is 5.23. The molecular weight excluding hydrogens is 570 g/mol. The van der Waals surface area contributed by atoms with Gasteiger partial charge in [-0.1, -0.05) is 67.6 Å². The molecule has 0 saturated heterocycles. The highest BCUT2D eigenvalue weighted by Crippen LogP contribution is 2.35. The summed E-state index contributed by atoms with van der Waals surface area (Å²) in [7, 11) is 0. The van der Waals surface area contributed by atoms with Crippen molar-refractivity contribution in [2.75, 3.05) is 17.2 Å². The van der Waals surface area contributed by atoms with Gasteiger partial charge in [-0.25, -0.2) is 9.97 Å². The van der Waals surface area contributed by atoms with Crippen molar-refractivity contribution in [3.05, 3.63) is 96.3 Å². The molecule has 0 spiro atoms. The van der Waals surface area contributed by atoms with Gasteiger partial charge in [-0.05, 0) is 24.5 Å². The summed E-state index contributed by atoms with van der Waals surface area (Å²) >= 11 is 0. The van der Waals surface area contributed by atoms with Gasteiger partial charge >= 0.3 is 0 Å². The fraction of sp³-hybridized carbons (Fsp3) is 0.364. The molecule has 234 valence electrons. The summed E-state index contributed by atoms with van der Waals surface area (Å²) in [4.78, 5) is 31.0. The largest absolute Gasteiger partial charge is 0.388 e. The number of carbonyl (C=O) groups is 1. The number of anilines is 2. The number of imidazole rings is 2. The Labute approximate surface area is 261 Å². The van der Waals surface area contributed by atoms with Gasteiger partial charge in [0.2, 0.25) is 11.9 Å². The van der Waals surface area contributed by atoms with Crippen LogP contribution >= 0.6 is 0 Å². The molecule has 6 rings (SSSR count). The molecule has 5 aromatic rings. The van der Waals surface area contributed by atoms with Crippen LogP contribution in [0.25, 0.3) is 11.2 Å². The summed E-state index contributed by atoms with van der Waals surface area (Å²) < 4.78 is 3.81. The van der Waals surface area contributed by atoms with Crippen molar-refractivity contribution >= 4 is 28.8 Å². The van der Waals surface area contributed by atoms with Crippen molar-refractivity contribution in [3.8, 4) is 0 Å². The lowest BCUT2D eigenvalue weighted by Crippen LogP contribution is -2.42. The van der Waals surface area contributed by atoms with Gasteiger partial charge in [-0.3, -0.25) is 4.79 Å². The Morgan fingerprint density at radius 1 is 0.956 bits per heavy atom. The van der Waals surface area contributed by atoms with E-state index in [-0.39, 0.29) is 18.4 Å². The van der Waals surface area contributed by atoms with E-state index in [0.717, 1.165) is 23.4 Å². The molecule has 2 aromatic carbocycles. The van der Waals surface area contributed by atoms with Crippen LogP contribution in [0.1, 0.15) is 55.6 Å². The first-order chi connectivity index (χ1) is 21.9. The minimum absolute atomic E-state index is 0.181. The number of aromatic nitrogens is 6. The number of aliphatic hydroxyl groups excluding tert-OH is 2. The molecule has 0 bridgehead atoms. The summed E-state index contributed by atoms with van der Waals surface area (Å²) in [5.74, 6) is 0.739. The fourth-order valence-corrected chi connectivity index (χ4v) is 5.87. The zero-order chi connectivity index (χ0) is 31.3. The number of aryl methyl sites for hydroxylation is 1. The van der Waals surface area contributed by atoms with Crippen LogP contribution in [0, 0.1) is 0 Å². The topological polar surface area (TPSA) is 155 Å². The second-order valence-electron chi connectivity index (χ2n) is 11.3. The van der Waals surface area contributed by atoms with E-state index < -0.39 is 24.3 Å². The maximum atomic E-state index is 12.1. The first-order valence-corrected chi connectivity index (χ1v) is 15.5. The number of fused-ring (bicyclic) bond motifs is 1. The monoisotopic (exact) mass is 609 g/mol. The highest BCUT2D eigenvalue weighted by atomic mass is 16.3. The van der Waals surface area contributed by atoms with Gasteiger partial charge in [0.05, 0.1) is 36.5 Å². The smallest absolute Gasteiger partial charge is 0.226 e. The number of carbonyl (C=O) groups excluding carboxylic acids is 1. The maximum absolute atomic E-state index is 12.1. The number of nitrogens with zero attached hydrogens (tertiary/aromatic N) is 6. The number of aliphatic hydroxyl groups is 2. The summed E-state index contributed by atoms with van der Waals surface area (Å²) in [6, 6.07) is 18.9. The summed E-state index contributed by atoms with van der Waals surface area (Å²) in [6.07, 6.45) is 4.52. The van der Waals surface area contributed by atoms with E-state index in [2.05, 4.69) is 52.1 Å². The number of rotatable bonds is 12. The van der Waals surface area contributed by atoms with Gasteiger partial charge in [-0.2, -0.15) is 9.97 Å².